The van der Waals surface area contributed by atoms with Gasteiger partial charge in [0.2, 0.25) is 0 Å². The highest BCUT2D eigenvalue weighted by atomic mass is 80.9. The zero-order valence-electron chi connectivity index (χ0n) is 7.49. The predicted molar refractivity (Wildman–Crippen MR) is 70.0 cm³/mol. The third-order valence-corrected chi connectivity index (χ3v) is 1.80. The topological polar surface area (TPSA) is 12.0 Å². The standard InChI is InChI=1S/C9H13N.CH4.Br2/c1-7-4-5-9(10-3)6-8(7)2;;1-2/h4-6,10H,1-3H3;1H4;. The van der Waals surface area contributed by atoms with Crippen LogP contribution in [0.25, 0.3) is 0 Å². The number of anilines is 1. The van der Waals surface area contributed by atoms with Crippen molar-refractivity contribution in [2.75, 3.05) is 12.4 Å². The molecule has 0 unspecified atom stereocenters. The number of aryl methyl sites for hydroxylation is 2. The zero-order valence-corrected chi connectivity index (χ0v) is 10.7. The summed E-state index contributed by atoms with van der Waals surface area (Å²) >= 11 is 5.50. The summed E-state index contributed by atoms with van der Waals surface area (Å²) in [5.74, 6) is 0. The molecular weight excluding hydrogens is 294 g/mol. The number of nitrogens with one attached hydrogen (secondary N) is 1. The van der Waals surface area contributed by atoms with Crippen LogP contribution in [0.4, 0.5) is 5.69 Å². The van der Waals surface area contributed by atoms with E-state index in [1.54, 1.807) is 0 Å². The van der Waals surface area contributed by atoms with E-state index in [4.69, 9.17) is 0 Å². The lowest BCUT2D eigenvalue weighted by Gasteiger charge is -2.02. The molecule has 0 saturated carbocycles. The highest BCUT2D eigenvalue weighted by Crippen LogP contribution is 2.12. The van der Waals surface area contributed by atoms with Crippen LogP contribution in [0.2, 0.25) is 0 Å². The van der Waals surface area contributed by atoms with Crippen LogP contribution in [-0.4, -0.2) is 7.05 Å². The first kappa shape index (κ1) is 15.5. The number of benzene rings is 1. The third-order valence-electron chi connectivity index (χ3n) is 1.80. The fourth-order valence-electron chi connectivity index (χ4n) is 0.897. The van der Waals surface area contributed by atoms with Gasteiger partial charge in [0.1, 0.15) is 0 Å². The second-order valence-corrected chi connectivity index (χ2v) is 2.55. The van der Waals surface area contributed by atoms with Crippen LogP contribution in [-0.2, 0) is 0 Å². The molecule has 0 aliphatic heterocycles. The van der Waals surface area contributed by atoms with Gasteiger partial charge >= 0.3 is 0 Å². The minimum absolute atomic E-state index is 0. The van der Waals surface area contributed by atoms with E-state index in [-0.39, 0.29) is 7.43 Å². The average Bonchev–Trinajstić information content (AvgIpc) is 2.13. The quantitative estimate of drug-likeness (QED) is 0.794. The van der Waals surface area contributed by atoms with Crippen LogP contribution in [0.1, 0.15) is 18.6 Å². The maximum Gasteiger partial charge on any atom is 0.0340 e. The first-order valence-electron chi connectivity index (χ1n) is 3.63. The van der Waals surface area contributed by atoms with Gasteiger partial charge in [-0.1, -0.05) is 13.5 Å². The summed E-state index contributed by atoms with van der Waals surface area (Å²) in [6.07, 6.45) is 0. The van der Waals surface area contributed by atoms with Crippen molar-refractivity contribution in [2.45, 2.75) is 21.3 Å². The molecule has 1 N–H and O–H groups in total. The first-order valence-corrected chi connectivity index (χ1v) is 7.35. The fraction of sp³-hybridized carbons (Fsp3) is 0.400. The van der Waals surface area contributed by atoms with Gasteiger partial charge in [-0.2, -0.15) is 0 Å². The number of hydrogen-bond acceptors (Lipinski definition) is 1. The molecule has 0 aliphatic carbocycles. The van der Waals surface area contributed by atoms with E-state index in [1.165, 1.54) is 16.8 Å². The van der Waals surface area contributed by atoms with Crippen molar-refractivity contribution in [3.63, 3.8) is 0 Å². The maximum atomic E-state index is 3.10. The van der Waals surface area contributed by atoms with E-state index in [1.807, 2.05) is 7.05 Å². The summed E-state index contributed by atoms with van der Waals surface area (Å²) in [7, 11) is 1.93. The largest absolute Gasteiger partial charge is 0.388 e. The molecule has 0 spiro atoms. The molecule has 1 aromatic carbocycles. The highest BCUT2D eigenvalue weighted by molar-refractivity contribution is 9.93. The van der Waals surface area contributed by atoms with Crippen LogP contribution >= 0.6 is 28.3 Å². The fourth-order valence-corrected chi connectivity index (χ4v) is 0.897. The summed E-state index contributed by atoms with van der Waals surface area (Å²) in [6.45, 7) is 4.24. The van der Waals surface area contributed by atoms with E-state index < -0.39 is 0 Å². The number of halogens is 2. The first-order chi connectivity index (χ1) is 5.74. The molecule has 76 valence electrons. The van der Waals surface area contributed by atoms with Gasteiger partial charge in [0.15, 0.2) is 0 Å². The molecular formula is C10H17Br2N. The lowest BCUT2D eigenvalue weighted by atomic mass is 10.1. The third kappa shape index (κ3) is 5.32. The van der Waals surface area contributed by atoms with Crippen molar-refractivity contribution in [1.82, 2.24) is 0 Å². The minimum Gasteiger partial charge on any atom is -0.388 e. The van der Waals surface area contributed by atoms with E-state index in [0.717, 1.165) is 0 Å². The molecule has 0 atom stereocenters. The Kier molecular flexibility index (Phi) is 10.2. The molecule has 0 heterocycles. The number of hydrogen-bond donors (Lipinski definition) is 1. The van der Waals surface area contributed by atoms with Gasteiger partial charge in [-0.05, 0) is 37.1 Å². The van der Waals surface area contributed by atoms with Crippen LogP contribution < -0.4 is 5.32 Å². The molecule has 0 aliphatic rings. The minimum atomic E-state index is 0. The van der Waals surface area contributed by atoms with Gasteiger partial charge in [-0.3, -0.25) is 0 Å². The molecule has 0 radical (unpaired) electrons. The smallest absolute Gasteiger partial charge is 0.0340 e. The molecule has 1 rings (SSSR count). The lowest BCUT2D eigenvalue weighted by Crippen LogP contribution is -1.89. The molecule has 0 amide bonds. The van der Waals surface area contributed by atoms with Gasteiger partial charge in [0.25, 0.3) is 0 Å². The van der Waals surface area contributed by atoms with E-state index in [9.17, 15) is 0 Å². The van der Waals surface area contributed by atoms with Crippen molar-refractivity contribution in [2.24, 2.45) is 0 Å². The maximum absolute atomic E-state index is 3.10. The summed E-state index contributed by atoms with van der Waals surface area (Å²) < 4.78 is 0. The Balaban J connectivity index is 0. The average molecular weight is 311 g/mol. The molecule has 3 heteroatoms. The Hall–Kier alpha value is -0.0200. The molecule has 1 nitrogen and oxygen atoms in total. The van der Waals surface area contributed by atoms with E-state index in [0.29, 0.717) is 0 Å². The second kappa shape index (κ2) is 8.57. The lowest BCUT2D eigenvalue weighted by molar-refractivity contribution is 1.33. The summed E-state index contributed by atoms with van der Waals surface area (Å²) in [6, 6.07) is 6.36. The Labute approximate surface area is 96.8 Å². The molecule has 0 bridgehead atoms. The highest BCUT2D eigenvalue weighted by Gasteiger charge is 1.91. The molecule has 1 aromatic rings. The summed E-state index contributed by atoms with van der Waals surface area (Å²) in [4.78, 5) is 0. The predicted octanol–water partition coefficient (Wildman–Crippen LogP) is 4.67. The van der Waals surface area contributed by atoms with Crippen molar-refractivity contribution >= 4 is 33.9 Å². The summed E-state index contributed by atoms with van der Waals surface area (Å²) in [5.41, 5.74) is 3.87. The monoisotopic (exact) mass is 309 g/mol. The van der Waals surface area contributed by atoms with Crippen LogP contribution in [0, 0.1) is 13.8 Å². The van der Waals surface area contributed by atoms with Crippen molar-refractivity contribution in [3.05, 3.63) is 29.3 Å². The number of rotatable bonds is 1. The van der Waals surface area contributed by atoms with Crippen LogP contribution in [0.15, 0.2) is 18.2 Å². The van der Waals surface area contributed by atoms with Crippen molar-refractivity contribution in [3.8, 4) is 0 Å². The van der Waals surface area contributed by atoms with Gasteiger partial charge in [0.05, 0.1) is 0 Å². The molecule has 0 aromatic heterocycles. The second-order valence-electron chi connectivity index (χ2n) is 2.55. The Morgan fingerprint density at radius 1 is 1.08 bits per heavy atom. The molecule has 0 saturated heterocycles. The van der Waals surface area contributed by atoms with Gasteiger partial charge in [-0.15, -0.1) is 0 Å². The normalized spacial score (nSPS) is 7.77. The Bertz CT molecular complexity index is 236. The van der Waals surface area contributed by atoms with E-state index >= 15 is 0 Å². The van der Waals surface area contributed by atoms with Crippen molar-refractivity contribution in [1.29, 1.82) is 0 Å². The zero-order chi connectivity index (χ0) is 9.56. The van der Waals surface area contributed by atoms with Gasteiger partial charge < -0.3 is 5.32 Å². The van der Waals surface area contributed by atoms with Gasteiger partial charge in [-0.25, -0.2) is 0 Å². The van der Waals surface area contributed by atoms with E-state index in [2.05, 4.69) is 65.6 Å². The Morgan fingerprint density at radius 3 is 2.00 bits per heavy atom. The SMILES string of the molecule is BrBr.C.CNc1ccc(C)c(C)c1. The van der Waals surface area contributed by atoms with Crippen molar-refractivity contribution < 1.29 is 0 Å². The summed E-state index contributed by atoms with van der Waals surface area (Å²) in [5, 5.41) is 3.10. The Morgan fingerprint density at radius 2 is 1.62 bits per heavy atom. The van der Waals surface area contributed by atoms with Crippen LogP contribution in [0.5, 0.6) is 0 Å². The molecule has 0 fully saturated rings. The van der Waals surface area contributed by atoms with Gasteiger partial charge in [0, 0.05) is 41.0 Å². The van der Waals surface area contributed by atoms with Crippen LogP contribution in [0.3, 0.4) is 0 Å². The molecule has 13 heavy (non-hydrogen) atoms.